The zero-order chi connectivity index (χ0) is 6.91. The number of ketones is 1. The predicted molar refractivity (Wildman–Crippen MR) is 36.3 cm³/mol. The Morgan fingerprint density at radius 2 is 2.22 bits per heavy atom. The van der Waals surface area contributed by atoms with E-state index in [2.05, 4.69) is 5.32 Å². The predicted octanol–water partition coefficient (Wildman–Crippen LogP) is 0.717. The van der Waals surface area contributed by atoms with Gasteiger partial charge in [-0.3, -0.25) is 4.79 Å². The first-order valence-electron chi connectivity index (χ1n) is 3.41. The minimum absolute atomic E-state index is 0.252. The second kappa shape index (κ2) is 2.10. The highest BCUT2D eigenvalue weighted by Crippen LogP contribution is 2.12. The Labute approximate surface area is 55.6 Å². The Hall–Kier alpha value is -0.370. The van der Waals surface area contributed by atoms with E-state index in [4.69, 9.17) is 0 Å². The van der Waals surface area contributed by atoms with Crippen LogP contribution in [0, 0.1) is 0 Å². The molecule has 1 saturated heterocycles. The molecular weight excluding hydrogens is 114 g/mol. The third-order valence-electron chi connectivity index (χ3n) is 1.84. The summed E-state index contributed by atoms with van der Waals surface area (Å²) in [7, 11) is 0. The van der Waals surface area contributed by atoms with Crippen LogP contribution in [0.25, 0.3) is 0 Å². The van der Waals surface area contributed by atoms with Gasteiger partial charge in [0.2, 0.25) is 0 Å². The molecule has 0 aromatic rings. The fraction of sp³-hybridized carbons (Fsp3) is 0.857. The summed E-state index contributed by atoms with van der Waals surface area (Å²) in [5.41, 5.74) is -0.252. The van der Waals surface area contributed by atoms with E-state index in [1.165, 1.54) is 0 Å². The van der Waals surface area contributed by atoms with E-state index in [9.17, 15) is 4.79 Å². The first-order chi connectivity index (χ1) is 4.13. The Kier molecular flexibility index (Phi) is 1.58. The van der Waals surface area contributed by atoms with Crippen LogP contribution in [0.3, 0.4) is 0 Å². The molecule has 1 N–H and O–H groups in total. The highest BCUT2D eigenvalue weighted by atomic mass is 16.1. The summed E-state index contributed by atoms with van der Waals surface area (Å²) in [5, 5.41) is 3.16. The lowest BCUT2D eigenvalue weighted by atomic mass is 9.92. The van der Waals surface area contributed by atoms with Gasteiger partial charge in [0.25, 0.3) is 0 Å². The highest BCUT2D eigenvalue weighted by Gasteiger charge is 2.28. The van der Waals surface area contributed by atoms with Crippen LogP contribution in [-0.4, -0.2) is 17.9 Å². The number of hydrogen-bond acceptors (Lipinski definition) is 2. The number of nitrogens with one attached hydrogen (secondary N) is 1. The maximum absolute atomic E-state index is 11.1. The molecule has 0 bridgehead atoms. The SMILES string of the molecule is CC1(C)NCCCC1=O. The molecule has 0 aliphatic carbocycles. The van der Waals surface area contributed by atoms with Crippen LogP contribution in [0.2, 0.25) is 0 Å². The fourth-order valence-electron chi connectivity index (χ4n) is 1.06. The number of rotatable bonds is 0. The molecular formula is C7H13NO. The molecule has 1 heterocycles. The molecule has 0 atom stereocenters. The Balaban J connectivity index is 2.60. The summed E-state index contributed by atoms with van der Waals surface area (Å²) in [5.74, 6) is 0.341. The summed E-state index contributed by atoms with van der Waals surface area (Å²) in [4.78, 5) is 11.1. The van der Waals surface area contributed by atoms with Gasteiger partial charge in [-0.25, -0.2) is 0 Å². The second-order valence-electron chi connectivity index (χ2n) is 3.08. The first-order valence-corrected chi connectivity index (χ1v) is 3.41. The molecule has 2 nitrogen and oxygen atoms in total. The smallest absolute Gasteiger partial charge is 0.152 e. The van der Waals surface area contributed by atoms with Crippen molar-refractivity contribution in [2.45, 2.75) is 32.2 Å². The van der Waals surface area contributed by atoms with Gasteiger partial charge in [-0.2, -0.15) is 0 Å². The molecule has 0 unspecified atom stereocenters. The monoisotopic (exact) mass is 127 g/mol. The van der Waals surface area contributed by atoms with Gasteiger partial charge in [-0.15, -0.1) is 0 Å². The maximum Gasteiger partial charge on any atom is 0.152 e. The number of piperidine rings is 1. The molecule has 9 heavy (non-hydrogen) atoms. The largest absolute Gasteiger partial charge is 0.305 e. The van der Waals surface area contributed by atoms with Gasteiger partial charge in [-0.05, 0) is 26.8 Å². The van der Waals surface area contributed by atoms with Crippen molar-refractivity contribution < 1.29 is 4.79 Å². The van der Waals surface area contributed by atoms with Crippen LogP contribution >= 0.6 is 0 Å². The standard InChI is InChI=1S/C7H13NO/c1-7(2)6(9)4-3-5-8-7/h8H,3-5H2,1-2H3. The van der Waals surface area contributed by atoms with Crippen molar-refractivity contribution in [3.05, 3.63) is 0 Å². The van der Waals surface area contributed by atoms with Crippen molar-refractivity contribution in [1.82, 2.24) is 5.32 Å². The molecule has 1 aliphatic rings. The van der Waals surface area contributed by atoms with Crippen molar-refractivity contribution in [2.24, 2.45) is 0 Å². The van der Waals surface area contributed by atoms with Crippen LogP contribution in [0.5, 0.6) is 0 Å². The second-order valence-corrected chi connectivity index (χ2v) is 3.08. The van der Waals surface area contributed by atoms with E-state index in [0.29, 0.717) is 5.78 Å². The summed E-state index contributed by atoms with van der Waals surface area (Å²) in [6.07, 6.45) is 1.75. The van der Waals surface area contributed by atoms with Gasteiger partial charge >= 0.3 is 0 Å². The van der Waals surface area contributed by atoms with Crippen molar-refractivity contribution in [2.75, 3.05) is 6.54 Å². The third kappa shape index (κ3) is 1.30. The molecule has 1 aliphatic heterocycles. The first kappa shape index (κ1) is 6.75. The molecule has 0 saturated carbocycles. The van der Waals surface area contributed by atoms with Gasteiger partial charge in [0.05, 0.1) is 5.54 Å². The van der Waals surface area contributed by atoms with Gasteiger partial charge in [0.1, 0.15) is 0 Å². The number of hydrogen-bond donors (Lipinski definition) is 1. The lowest BCUT2D eigenvalue weighted by Crippen LogP contribution is -2.50. The average Bonchev–Trinajstić information content (AvgIpc) is 1.77. The highest BCUT2D eigenvalue weighted by molar-refractivity contribution is 5.88. The van der Waals surface area contributed by atoms with Crippen LogP contribution in [-0.2, 0) is 4.79 Å². The van der Waals surface area contributed by atoms with Crippen molar-refractivity contribution in [3.8, 4) is 0 Å². The maximum atomic E-state index is 11.1. The molecule has 1 rings (SSSR count). The molecule has 0 radical (unpaired) electrons. The van der Waals surface area contributed by atoms with Crippen molar-refractivity contribution >= 4 is 5.78 Å². The van der Waals surface area contributed by atoms with E-state index < -0.39 is 0 Å². The Morgan fingerprint density at radius 1 is 1.56 bits per heavy atom. The zero-order valence-electron chi connectivity index (χ0n) is 6.03. The lowest BCUT2D eigenvalue weighted by Gasteiger charge is -2.28. The number of carbonyl (C=O) groups is 1. The van der Waals surface area contributed by atoms with Gasteiger partial charge in [0.15, 0.2) is 5.78 Å². The van der Waals surface area contributed by atoms with Crippen molar-refractivity contribution in [3.63, 3.8) is 0 Å². The summed E-state index contributed by atoms with van der Waals surface area (Å²) < 4.78 is 0. The van der Waals surface area contributed by atoms with Crippen LogP contribution in [0.15, 0.2) is 0 Å². The number of carbonyl (C=O) groups excluding carboxylic acids is 1. The minimum Gasteiger partial charge on any atom is -0.305 e. The zero-order valence-corrected chi connectivity index (χ0v) is 6.03. The van der Waals surface area contributed by atoms with E-state index in [-0.39, 0.29) is 5.54 Å². The van der Waals surface area contributed by atoms with E-state index in [1.54, 1.807) is 0 Å². The van der Waals surface area contributed by atoms with Crippen LogP contribution in [0.1, 0.15) is 26.7 Å². The summed E-state index contributed by atoms with van der Waals surface area (Å²) >= 11 is 0. The summed E-state index contributed by atoms with van der Waals surface area (Å²) in [6.45, 7) is 4.86. The molecule has 1 fully saturated rings. The lowest BCUT2D eigenvalue weighted by molar-refractivity contribution is -0.125. The van der Waals surface area contributed by atoms with E-state index in [0.717, 1.165) is 19.4 Å². The normalized spacial score (nSPS) is 26.2. The van der Waals surface area contributed by atoms with Gasteiger partial charge in [-0.1, -0.05) is 0 Å². The molecule has 52 valence electrons. The quantitative estimate of drug-likeness (QED) is 0.519. The van der Waals surface area contributed by atoms with Gasteiger partial charge in [0, 0.05) is 6.42 Å². The molecule has 0 spiro atoms. The Bertz CT molecular complexity index is 129. The van der Waals surface area contributed by atoms with E-state index in [1.807, 2.05) is 13.8 Å². The third-order valence-corrected chi connectivity index (χ3v) is 1.84. The van der Waals surface area contributed by atoms with Crippen LogP contribution < -0.4 is 5.32 Å². The molecule has 0 aromatic carbocycles. The topological polar surface area (TPSA) is 29.1 Å². The van der Waals surface area contributed by atoms with E-state index >= 15 is 0 Å². The Morgan fingerprint density at radius 3 is 2.56 bits per heavy atom. The fourth-order valence-corrected chi connectivity index (χ4v) is 1.06. The van der Waals surface area contributed by atoms with Gasteiger partial charge < -0.3 is 5.32 Å². The molecule has 0 aromatic heterocycles. The average molecular weight is 127 g/mol. The molecule has 2 heteroatoms. The van der Waals surface area contributed by atoms with Crippen molar-refractivity contribution in [1.29, 1.82) is 0 Å². The molecule has 0 amide bonds. The minimum atomic E-state index is -0.252. The van der Waals surface area contributed by atoms with Crippen LogP contribution in [0.4, 0.5) is 0 Å². The number of Topliss-reactive ketones (excluding diaryl/α,β-unsaturated/α-hetero) is 1. The summed E-state index contributed by atoms with van der Waals surface area (Å²) in [6, 6.07) is 0.